The van der Waals surface area contributed by atoms with Crippen molar-refractivity contribution in [1.82, 2.24) is 4.90 Å². The summed E-state index contributed by atoms with van der Waals surface area (Å²) in [7, 11) is 2.12. The van der Waals surface area contributed by atoms with Gasteiger partial charge in [0.25, 0.3) is 0 Å². The van der Waals surface area contributed by atoms with Crippen LogP contribution < -0.4 is 4.90 Å². The maximum absolute atomic E-state index is 12.4. The molecule has 4 fully saturated rings. The van der Waals surface area contributed by atoms with Crippen LogP contribution in [0.3, 0.4) is 0 Å². The van der Waals surface area contributed by atoms with Crippen LogP contribution in [0.1, 0.15) is 38.2 Å². The third-order valence-corrected chi connectivity index (χ3v) is 8.00. The van der Waals surface area contributed by atoms with E-state index in [4.69, 9.17) is 0 Å². The lowest BCUT2D eigenvalue weighted by molar-refractivity contribution is -0.170. The first-order valence-electron chi connectivity index (χ1n) is 9.19. The second kappa shape index (κ2) is 4.44. The standard InChI is InChI=1S/C20H24N2O3/c1-13(24)22-10-9-20-14-5-3-4-6-15(14)21(2)19(20)8-7-18(12-23,17(20)22)16(25)11-19/h3-6,12,16-17,25H,7-11H2,1-2H3/t16?,17-,18+,19-,20+/m0/s1. The molecule has 2 heterocycles. The van der Waals surface area contributed by atoms with Crippen molar-refractivity contribution in [2.45, 2.75) is 55.7 Å². The van der Waals surface area contributed by atoms with Gasteiger partial charge in [0.2, 0.25) is 5.91 Å². The molecule has 6 rings (SSSR count). The van der Waals surface area contributed by atoms with Gasteiger partial charge in [-0.3, -0.25) is 4.79 Å². The molecule has 0 aromatic heterocycles. The monoisotopic (exact) mass is 340 g/mol. The summed E-state index contributed by atoms with van der Waals surface area (Å²) in [6.45, 7) is 2.25. The van der Waals surface area contributed by atoms with E-state index in [0.29, 0.717) is 19.4 Å². The Labute approximate surface area is 147 Å². The zero-order valence-electron chi connectivity index (χ0n) is 14.7. The lowest BCUT2D eigenvalue weighted by Gasteiger charge is -2.66. The van der Waals surface area contributed by atoms with Gasteiger partial charge < -0.3 is 19.7 Å². The smallest absolute Gasteiger partial charge is 0.219 e. The quantitative estimate of drug-likeness (QED) is 0.787. The third-order valence-electron chi connectivity index (χ3n) is 8.00. The molecule has 2 aliphatic heterocycles. The Morgan fingerprint density at radius 1 is 1.28 bits per heavy atom. The molecule has 5 heteroatoms. The molecule has 0 radical (unpaired) electrons. The normalized spacial score (nSPS) is 43.6. The number of likely N-dealkylation sites (tertiary alicyclic amines) is 1. The molecule has 1 saturated heterocycles. The Morgan fingerprint density at radius 3 is 2.72 bits per heavy atom. The summed E-state index contributed by atoms with van der Waals surface area (Å²) in [5.74, 6) is 0.00466. The summed E-state index contributed by atoms with van der Waals surface area (Å²) >= 11 is 0. The molecule has 2 spiro atoms. The van der Waals surface area contributed by atoms with Gasteiger partial charge in [-0.25, -0.2) is 0 Å². The number of hydrogen-bond donors (Lipinski definition) is 1. The van der Waals surface area contributed by atoms with E-state index >= 15 is 0 Å². The summed E-state index contributed by atoms with van der Waals surface area (Å²) in [6, 6.07) is 8.16. The van der Waals surface area contributed by atoms with Gasteiger partial charge in [-0.15, -0.1) is 0 Å². The zero-order valence-corrected chi connectivity index (χ0v) is 14.7. The van der Waals surface area contributed by atoms with Gasteiger partial charge in [-0.2, -0.15) is 0 Å². The number of carbonyl (C=O) groups excluding carboxylic acids is 2. The number of benzene rings is 1. The van der Waals surface area contributed by atoms with Crippen molar-refractivity contribution in [2.24, 2.45) is 5.41 Å². The van der Waals surface area contributed by atoms with Crippen molar-refractivity contribution >= 4 is 17.9 Å². The maximum atomic E-state index is 12.4. The van der Waals surface area contributed by atoms with Crippen molar-refractivity contribution in [1.29, 1.82) is 0 Å². The summed E-state index contributed by atoms with van der Waals surface area (Å²) in [6.07, 6.45) is 3.26. The van der Waals surface area contributed by atoms with E-state index in [1.807, 2.05) is 11.0 Å². The molecule has 1 aromatic carbocycles. The molecule has 1 amide bonds. The minimum atomic E-state index is -0.845. The summed E-state index contributed by atoms with van der Waals surface area (Å²) in [5.41, 5.74) is 1.12. The first-order valence-corrected chi connectivity index (χ1v) is 9.19. The van der Waals surface area contributed by atoms with Gasteiger partial charge in [0.05, 0.1) is 23.1 Å². The number of aliphatic hydroxyl groups is 1. The second-order valence-electron chi connectivity index (χ2n) is 8.39. The Kier molecular flexibility index (Phi) is 2.73. The molecule has 1 unspecified atom stereocenters. The van der Waals surface area contributed by atoms with E-state index in [1.54, 1.807) is 6.92 Å². The van der Waals surface area contributed by atoms with E-state index in [9.17, 15) is 14.7 Å². The number of rotatable bonds is 1. The first-order chi connectivity index (χ1) is 11.9. The van der Waals surface area contributed by atoms with Crippen LogP contribution >= 0.6 is 0 Å². The molecular weight excluding hydrogens is 316 g/mol. The molecular formula is C20H24N2O3. The first kappa shape index (κ1) is 15.4. The molecule has 3 aliphatic carbocycles. The number of para-hydroxylation sites is 1. The number of fused-ring (bicyclic) bond motifs is 3. The third kappa shape index (κ3) is 1.36. The molecule has 25 heavy (non-hydrogen) atoms. The Morgan fingerprint density at radius 2 is 2.04 bits per heavy atom. The summed E-state index contributed by atoms with van der Waals surface area (Å²) in [5, 5.41) is 11.0. The summed E-state index contributed by atoms with van der Waals surface area (Å²) in [4.78, 5) is 29.0. The molecule has 3 saturated carbocycles. The van der Waals surface area contributed by atoms with Crippen LogP contribution in [0.15, 0.2) is 24.3 Å². The fourth-order valence-electron chi connectivity index (χ4n) is 7.04. The number of nitrogens with zero attached hydrogens (tertiary/aromatic N) is 2. The highest BCUT2D eigenvalue weighted by Crippen LogP contribution is 2.71. The average molecular weight is 340 g/mol. The van der Waals surface area contributed by atoms with Gasteiger partial charge in [0.1, 0.15) is 6.29 Å². The van der Waals surface area contributed by atoms with Crippen LogP contribution in [0.4, 0.5) is 5.69 Å². The lowest BCUT2D eigenvalue weighted by atomic mass is 9.42. The number of anilines is 1. The number of amides is 1. The topological polar surface area (TPSA) is 60.9 Å². The van der Waals surface area contributed by atoms with Gasteiger partial charge in [-0.1, -0.05) is 18.2 Å². The number of hydrogen-bond acceptors (Lipinski definition) is 4. The molecule has 1 aromatic rings. The molecule has 5 nitrogen and oxygen atoms in total. The highest BCUT2D eigenvalue weighted by atomic mass is 16.3. The minimum absolute atomic E-state index is 0.00466. The van der Waals surface area contributed by atoms with Crippen molar-refractivity contribution in [3.8, 4) is 0 Å². The van der Waals surface area contributed by atoms with Crippen molar-refractivity contribution < 1.29 is 14.7 Å². The molecule has 2 bridgehead atoms. The van der Waals surface area contributed by atoms with Crippen molar-refractivity contribution in [2.75, 3.05) is 18.5 Å². The second-order valence-corrected chi connectivity index (χ2v) is 8.39. The highest BCUT2D eigenvalue weighted by molar-refractivity contribution is 5.80. The largest absolute Gasteiger partial charge is 0.392 e. The van der Waals surface area contributed by atoms with Crippen LogP contribution in [0.2, 0.25) is 0 Å². The van der Waals surface area contributed by atoms with Crippen LogP contribution in [0.5, 0.6) is 0 Å². The van der Waals surface area contributed by atoms with Gasteiger partial charge >= 0.3 is 0 Å². The highest BCUT2D eigenvalue weighted by Gasteiger charge is 2.79. The summed E-state index contributed by atoms with van der Waals surface area (Å²) < 4.78 is 0. The average Bonchev–Trinajstić information content (AvgIpc) is 3.13. The molecule has 132 valence electrons. The lowest BCUT2D eigenvalue weighted by Crippen LogP contribution is -2.77. The van der Waals surface area contributed by atoms with Crippen molar-refractivity contribution in [3.05, 3.63) is 29.8 Å². The number of carbonyl (C=O) groups is 2. The molecule has 5 aliphatic rings. The van der Waals surface area contributed by atoms with Crippen LogP contribution in [-0.4, -0.2) is 53.5 Å². The Bertz CT molecular complexity index is 795. The minimum Gasteiger partial charge on any atom is -0.392 e. The SMILES string of the molecule is CC(=O)N1CC[C@]23c4ccccc4N(C)[C@]24CC[C@@](C=O)(C(O)C4)[C@H]13. The van der Waals surface area contributed by atoms with E-state index in [1.165, 1.54) is 11.3 Å². The van der Waals surface area contributed by atoms with E-state index in [0.717, 1.165) is 19.1 Å². The van der Waals surface area contributed by atoms with Gasteiger partial charge in [-0.05, 0) is 37.3 Å². The predicted octanol–water partition coefficient (Wildman–Crippen LogP) is 1.48. The molecule has 1 N–H and O–H groups in total. The maximum Gasteiger partial charge on any atom is 0.219 e. The van der Waals surface area contributed by atoms with E-state index < -0.39 is 11.5 Å². The van der Waals surface area contributed by atoms with E-state index in [-0.39, 0.29) is 22.9 Å². The van der Waals surface area contributed by atoms with Crippen LogP contribution in [0, 0.1) is 5.41 Å². The predicted molar refractivity (Wildman–Crippen MR) is 93.4 cm³/mol. The number of aliphatic hydroxyl groups excluding tert-OH is 1. The van der Waals surface area contributed by atoms with Crippen molar-refractivity contribution in [3.63, 3.8) is 0 Å². The zero-order chi connectivity index (χ0) is 17.6. The fraction of sp³-hybridized carbons (Fsp3) is 0.600. The number of aldehydes is 1. The Hall–Kier alpha value is -1.88. The van der Waals surface area contributed by atoms with Crippen LogP contribution in [0.25, 0.3) is 0 Å². The van der Waals surface area contributed by atoms with E-state index in [2.05, 4.69) is 30.1 Å². The van der Waals surface area contributed by atoms with Gasteiger partial charge in [0, 0.05) is 31.6 Å². The molecule has 5 atom stereocenters. The number of likely N-dealkylation sites (N-methyl/N-ethyl adjacent to an activating group) is 1. The van der Waals surface area contributed by atoms with Crippen LogP contribution in [-0.2, 0) is 15.0 Å². The fourth-order valence-corrected chi connectivity index (χ4v) is 7.04. The van der Waals surface area contributed by atoms with Gasteiger partial charge in [0.15, 0.2) is 0 Å². The Balaban J connectivity index is 1.85.